The molecule has 2 N–H and O–H groups in total. The van der Waals surface area contributed by atoms with Gasteiger partial charge < -0.3 is 15.4 Å². The number of nitrogens with zero attached hydrogens (tertiary/aromatic N) is 1. The molecule has 0 aliphatic carbocycles. The van der Waals surface area contributed by atoms with E-state index in [9.17, 15) is 4.79 Å². The van der Waals surface area contributed by atoms with Gasteiger partial charge in [-0.3, -0.25) is 9.78 Å². The fourth-order valence-electron chi connectivity index (χ4n) is 3.07. The Morgan fingerprint density at radius 1 is 1.38 bits per heavy atom. The van der Waals surface area contributed by atoms with Crippen LogP contribution in [0.5, 0.6) is 5.75 Å². The molecule has 2 heterocycles. The lowest BCUT2D eigenvalue weighted by atomic mass is 9.95. The lowest BCUT2D eigenvalue weighted by molar-refractivity contribution is 0.0913. The molecule has 1 amide bonds. The third kappa shape index (κ3) is 3.79. The zero-order valence-electron chi connectivity index (χ0n) is 14.3. The van der Waals surface area contributed by atoms with Gasteiger partial charge >= 0.3 is 0 Å². The molecule has 6 heteroatoms. The normalized spacial score (nSPS) is 20.3. The van der Waals surface area contributed by atoms with E-state index in [1.165, 1.54) is 0 Å². The second-order valence-electron chi connectivity index (χ2n) is 6.23. The van der Waals surface area contributed by atoms with Crippen molar-refractivity contribution in [2.24, 2.45) is 5.92 Å². The Hall–Kier alpha value is -1.85. The number of aryl methyl sites for hydroxylation is 1. The first-order valence-electron chi connectivity index (χ1n) is 8.05. The van der Waals surface area contributed by atoms with Crippen LogP contribution in [0.3, 0.4) is 0 Å². The summed E-state index contributed by atoms with van der Waals surface area (Å²) in [4.78, 5) is 17.2. The molecule has 2 aromatic rings. The van der Waals surface area contributed by atoms with E-state index in [0.717, 1.165) is 41.9 Å². The lowest BCUT2D eigenvalue weighted by Crippen LogP contribution is -2.48. The summed E-state index contributed by atoms with van der Waals surface area (Å²) < 4.78 is 5.23. The van der Waals surface area contributed by atoms with Crippen molar-refractivity contribution in [1.82, 2.24) is 15.6 Å². The Morgan fingerprint density at radius 3 is 2.88 bits per heavy atom. The molecule has 1 aliphatic heterocycles. The molecule has 0 spiro atoms. The highest BCUT2D eigenvalue weighted by Gasteiger charge is 2.24. The van der Waals surface area contributed by atoms with E-state index < -0.39 is 0 Å². The second kappa shape index (κ2) is 7.81. The van der Waals surface area contributed by atoms with Gasteiger partial charge in [0.05, 0.1) is 23.9 Å². The molecule has 0 saturated carbocycles. The molecule has 1 aliphatic rings. The summed E-state index contributed by atoms with van der Waals surface area (Å²) in [5, 5.41) is 7.46. The predicted octanol–water partition coefficient (Wildman–Crippen LogP) is 2.70. The lowest BCUT2D eigenvalue weighted by Gasteiger charge is -2.30. The maximum atomic E-state index is 12.6. The van der Waals surface area contributed by atoms with Crippen LogP contribution in [0.25, 0.3) is 10.9 Å². The zero-order chi connectivity index (χ0) is 16.4. The Bertz CT molecular complexity index is 736. The van der Waals surface area contributed by atoms with Gasteiger partial charge in [0.25, 0.3) is 5.91 Å². The predicted molar refractivity (Wildman–Crippen MR) is 98.2 cm³/mol. The van der Waals surface area contributed by atoms with Crippen molar-refractivity contribution in [1.29, 1.82) is 0 Å². The second-order valence-corrected chi connectivity index (χ2v) is 6.23. The van der Waals surface area contributed by atoms with Crippen LogP contribution >= 0.6 is 12.4 Å². The first kappa shape index (κ1) is 18.5. The molecular weight excluding hydrogens is 326 g/mol. The topological polar surface area (TPSA) is 63.2 Å². The van der Waals surface area contributed by atoms with Crippen LogP contribution in [0.15, 0.2) is 24.3 Å². The maximum absolute atomic E-state index is 12.6. The van der Waals surface area contributed by atoms with Crippen molar-refractivity contribution in [2.75, 3.05) is 20.2 Å². The molecule has 24 heavy (non-hydrogen) atoms. The van der Waals surface area contributed by atoms with Crippen LogP contribution in [0.2, 0.25) is 0 Å². The molecular formula is C18H24ClN3O2. The van der Waals surface area contributed by atoms with Crippen LogP contribution in [-0.4, -0.2) is 37.1 Å². The highest BCUT2D eigenvalue weighted by Crippen LogP contribution is 2.22. The number of carbonyl (C=O) groups excluding carboxylic acids is 1. The number of methoxy groups -OCH3 is 1. The first-order chi connectivity index (χ1) is 11.1. The summed E-state index contributed by atoms with van der Waals surface area (Å²) in [6, 6.07) is 7.84. The Balaban J connectivity index is 0.00000208. The number of amides is 1. The summed E-state index contributed by atoms with van der Waals surface area (Å²) in [7, 11) is 1.63. The quantitative estimate of drug-likeness (QED) is 0.894. The molecule has 0 bridgehead atoms. The van der Waals surface area contributed by atoms with Gasteiger partial charge in [0, 0.05) is 17.5 Å². The number of rotatable bonds is 3. The van der Waals surface area contributed by atoms with Crippen molar-refractivity contribution < 1.29 is 9.53 Å². The minimum absolute atomic E-state index is 0. The minimum Gasteiger partial charge on any atom is -0.497 e. The SMILES string of the molecule is COc1ccc2cc(C(=O)NC3CCNCC3C)c(C)nc2c1.Cl. The summed E-state index contributed by atoms with van der Waals surface area (Å²) in [5.41, 5.74) is 2.23. The van der Waals surface area contributed by atoms with E-state index >= 15 is 0 Å². The number of hydrogen-bond acceptors (Lipinski definition) is 4. The Kier molecular flexibility index (Phi) is 6.02. The first-order valence-corrected chi connectivity index (χ1v) is 8.05. The van der Waals surface area contributed by atoms with Crippen LogP contribution in [-0.2, 0) is 0 Å². The molecule has 2 atom stereocenters. The molecule has 1 saturated heterocycles. The van der Waals surface area contributed by atoms with Gasteiger partial charge in [-0.05, 0) is 50.6 Å². The van der Waals surface area contributed by atoms with E-state index in [4.69, 9.17) is 4.74 Å². The van der Waals surface area contributed by atoms with E-state index in [1.54, 1.807) is 7.11 Å². The van der Waals surface area contributed by atoms with Crippen molar-refractivity contribution in [3.8, 4) is 5.75 Å². The standard InChI is InChI=1S/C18H23N3O2.ClH/c1-11-10-19-7-6-16(11)21-18(22)15-8-13-4-5-14(23-3)9-17(13)20-12(15)2;/h4-5,8-9,11,16,19H,6-7,10H2,1-3H3,(H,21,22);1H. The number of aromatic nitrogens is 1. The summed E-state index contributed by atoms with van der Waals surface area (Å²) >= 11 is 0. The van der Waals surface area contributed by atoms with Crippen molar-refractivity contribution in [3.63, 3.8) is 0 Å². The van der Waals surface area contributed by atoms with Crippen LogP contribution in [0.4, 0.5) is 0 Å². The average molecular weight is 350 g/mol. The van der Waals surface area contributed by atoms with Gasteiger partial charge in [0.2, 0.25) is 0 Å². The smallest absolute Gasteiger partial charge is 0.253 e. The van der Waals surface area contributed by atoms with Crippen LogP contribution in [0.1, 0.15) is 29.4 Å². The highest BCUT2D eigenvalue weighted by atomic mass is 35.5. The molecule has 0 radical (unpaired) electrons. The van der Waals surface area contributed by atoms with Crippen molar-refractivity contribution >= 4 is 29.2 Å². The van der Waals surface area contributed by atoms with Crippen molar-refractivity contribution in [3.05, 3.63) is 35.5 Å². The average Bonchev–Trinajstić information content (AvgIpc) is 2.55. The molecule has 1 aromatic heterocycles. The number of nitrogens with one attached hydrogen (secondary N) is 2. The Labute approximate surface area is 148 Å². The van der Waals surface area contributed by atoms with Crippen molar-refractivity contribution in [2.45, 2.75) is 26.3 Å². The number of fused-ring (bicyclic) bond motifs is 1. The molecule has 3 rings (SSSR count). The number of pyridine rings is 1. The van der Waals surface area contributed by atoms with Crippen LogP contribution < -0.4 is 15.4 Å². The fourth-order valence-corrected chi connectivity index (χ4v) is 3.07. The van der Waals surface area contributed by atoms with Gasteiger partial charge in [0.15, 0.2) is 0 Å². The van der Waals surface area contributed by atoms with Gasteiger partial charge in [-0.25, -0.2) is 0 Å². The molecule has 1 fully saturated rings. The maximum Gasteiger partial charge on any atom is 0.253 e. The summed E-state index contributed by atoms with van der Waals surface area (Å²) in [6.45, 7) is 5.93. The number of carbonyl (C=O) groups is 1. The third-order valence-electron chi connectivity index (χ3n) is 4.56. The molecule has 1 aromatic carbocycles. The summed E-state index contributed by atoms with van der Waals surface area (Å²) in [6.07, 6.45) is 0.962. The van der Waals surface area contributed by atoms with Gasteiger partial charge in [-0.1, -0.05) is 6.92 Å². The van der Waals surface area contributed by atoms with Gasteiger partial charge in [-0.2, -0.15) is 0 Å². The number of halogens is 1. The monoisotopic (exact) mass is 349 g/mol. The van der Waals surface area contributed by atoms with E-state index in [-0.39, 0.29) is 24.4 Å². The molecule has 5 nitrogen and oxygen atoms in total. The minimum atomic E-state index is -0.0357. The van der Waals surface area contributed by atoms with E-state index in [2.05, 4.69) is 22.5 Å². The fraction of sp³-hybridized carbons (Fsp3) is 0.444. The number of hydrogen-bond donors (Lipinski definition) is 2. The molecule has 130 valence electrons. The van der Waals surface area contributed by atoms with Gasteiger partial charge in [-0.15, -0.1) is 12.4 Å². The summed E-state index contributed by atoms with van der Waals surface area (Å²) in [5.74, 6) is 1.17. The van der Waals surface area contributed by atoms with Crippen LogP contribution in [0, 0.1) is 12.8 Å². The number of ether oxygens (including phenoxy) is 1. The third-order valence-corrected chi connectivity index (χ3v) is 4.56. The highest BCUT2D eigenvalue weighted by molar-refractivity contribution is 5.99. The zero-order valence-corrected chi connectivity index (χ0v) is 15.1. The van der Waals surface area contributed by atoms with Gasteiger partial charge in [0.1, 0.15) is 5.75 Å². The number of piperidine rings is 1. The van der Waals surface area contributed by atoms with E-state index in [1.807, 2.05) is 31.2 Å². The molecule has 2 unspecified atom stereocenters. The largest absolute Gasteiger partial charge is 0.497 e. The number of benzene rings is 1. The Morgan fingerprint density at radius 2 is 2.17 bits per heavy atom. The van der Waals surface area contributed by atoms with E-state index in [0.29, 0.717) is 11.5 Å².